The van der Waals surface area contributed by atoms with Gasteiger partial charge in [0, 0.05) is 35.1 Å². The molecule has 2 heterocycles. The molecule has 4 unspecified atom stereocenters. The third kappa shape index (κ3) is 2.40. The largest absolute Gasteiger partial charge is 0.371 e. The molecule has 5 heteroatoms. The highest BCUT2D eigenvalue weighted by molar-refractivity contribution is 6.00. The van der Waals surface area contributed by atoms with Crippen LogP contribution >= 0.6 is 0 Å². The van der Waals surface area contributed by atoms with Gasteiger partial charge in [0.1, 0.15) is 0 Å². The summed E-state index contributed by atoms with van der Waals surface area (Å²) in [6, 6.07) is 10.2. The number of fused-ring (bicyclic) bond motifs is 1. The van der Waals surface area contributed by atoms with E-state index >= 15 is 0 Å². The first-order chi connectivity index (χ1) is 12.3. The smallest absolute Gasteiger partial charge is 0.162 e. The molecule has 0 amide bonds. The second-order valence-corrected chi connectivity index (χ2v) is 8.91. The van der Waals surface area contributed by atoms with Crippen molar-refractivity contribution < 1.29 is 4.79 Å². The molecule has 1 aromatic carbocycles. The van der Waals surface area contributed by atoms with Gasteiger partial charge in [-0.2, -0.15) is 5.26 Å². The number of allylic oxidation sites excluding steroid dienone is 2. The fourth-order valence-corrected chi connectivity index (χ4v) is 5.30. The molecule has 1 saturated heterocycles. The number of ketones is 1. The van der Waals surface area contributed by atoms with E-state index in [1.54, 1.807) is 0 Å². The molecule has 0 bridgehead atoms. The summed E-state index contributed by atoms with van der Waals surface area (Å²) < 4.78 is 0. The number of rotatable bonds is 1. The van der Waals surface area contributed by atoms with Crippen LogP contribution in [0.25, 0.3) is 0 Å². The van der Waals surface area contributed by atoms with Crippen LogP contribution in [-0.4, -0.2) is 18.0 Å². The Bertz CT molecular complexity index is 850. The Balaban J connectivity index is 1.95. The third-order valence-corrected chi connectivity index (χ3v) is 6.35. The number of nitrogens with zero attached hydrogens (tertiary/aromatic N) is 1. The van der Waals surface area contributed by atoms with Crippen molar-refractivity contribution >= 4 is 5.78 Å². The van der Waals surface area contributed by atoms with Crippen LogP contribution in [-0.2, 0) is 10.2 Å². The maximum atomic E-state index is 13.3. The topological polar surface area (TPSA) is 76.9 Å². The number of carbonyl (C=O) groups excluding carboxylic acids is 1. The first-order valence-electron chi connectivity index (χ1n) is 9.31. The molecule has 0 saturated carbocycles. The lowest BCUT2D eigenvalue weighted by molar-refractivity contribution is -0.119. The number of Topliss-reactive ketones (excluding diaryl/α,β-unsaturated/α-hetero) is 1. The SMILES string of the molecule is CC1NNC2NC3=C(C(=O)CC(C)(C)C3)C(C)(c3cccc(C#N)c3)C12. The molecule has 1 aliphatic carbocycles. The molecule has 5 nitrogen and oxygen atoms in total. The van der Waals surface area contributed by atoms with Gasteiger partial charge in [-0.1, -0.05) is 32.9 Å². The molecule has 2 aliphatic heterocycles. The second kappa shape index (κ2) is 5.67. The van der Waals surface area contributed by atoms with E-state index in [1.807, 2.05) is 18.2 Å². The van der Waals surface area contributed by atoms with E-state index < -0.39 is 5.41 Å². The highest BCUT2D eigenvalue weighted by atomic mass is 16.1. The van der Waals surface area contributed by atoms with Crippen LogP contribution in [0, 0.1) is 22.7 Å². The van der Waals surface area contributed by atoms with Crippen LogP contribution in [0.3, 0.4) is 0 Å². The number of hydrogen-bond acceptors (Lipinski definition) is 5. The predicted octanol–water partition coefficient (Wildman–Crippen LogP) is 2.50. The summed E-state index contributed by atoms with van der Waals surface area (Å²) in [4.78, 5) is 13.3. The standard InChI is InChI=1S/C21H26N4O/c1-12-17-19(25-24-12)23-15-9-20(2,3)10-16(26)18(15)21(17,4)14-7-5-6-13(8-14)11-22/h5-8,12,17,19,23-25H,9-10H2,1-4H3. The normalized spacial score (nSPS) is 35.3. The van der Waals surface area contributed by atoms with E-state index in [1.165, 1.54) is 0 Å². The molecule has 4 atom stereocenters. The molecule has 0 aromatic heterocycles. The fraction of sp³-hybridized carbons (Fsp3) is 0.524. The zero-order chi connectivity index (χ0) is 18.7. The Kier molecular flexibility index (Phi) is 3.76. The summed E-state index contributed by atoms with van der Waals surface area (Å²) in [7, 11) is 0. The summed E-state index contributed by atoms with van der Waals surface area (Å²) in [5.41, 5.74) is 9.88. The summed E-state index contributed by atoms with van der Waals surface area (Å²) in [5, 5.41) is 13.0. The molecule has 1 fully saturated rings. The van der Waals surface area contributed by atoms with Gasteiger partial charge in [0.25, 0.3) is 0 Å². The molecule has 0 spiro atoms. The highest BCUT2D eigenvalue weighted by Crippen LogP contribution is 2.52. The summed E-state index contributed by atoms with van der Waals surface area (Å²) in [5.74, 6) is 0.395. The molecule has 1 aromatic rings. The first kappa shape index (κ1) is 17.3. The molecule has 136 valence electrons. The van der Waals surface area contributed by atoms with Gasteiger partial charge < -0.3 is 5.32 Å². The Labute approximate surface area is 154 Å². The summed E-state index contributed by atoms with van der Waals surface area (Å²) in [6.07, 6.45) is 1.48. The highest BCUT2D eigenvalue weighted by Gasteiger charge is 2.56. The van der Waals surface area contributed by atoms with Crippen molar-refractivity contribution in [3.05, 3.63) is 46.7 Å². The lowest BCUT2D eigenvalue weighted by atomic mass is 9.57. The summed E-state index contributed by atoms with van der Waals surface area (Å²) >= 11 is 0. The maximum absolute atomic E-state index is 13.3. The van der Waals surface area contributed by atoms with E-state index in [-0.39, 0.29) is 29.3 Å². The van der Waals surface area contributed by atoms with Crippen molar-refractivity contribution in [3.63, 3.8) is 0 Å². The summed E-state index contributed by atoms with van der Waals surface area (Å²) in [6.45, 7) is 8.63. The molecular weight excluding hydrogens is 324 g/mol. The average molecular weight is 350 g/mol. The lowest BCUT2D eigenvalue weighted by Crippen LogP contribution is -2.58. The van der Waals surface area contributed by atoms with Crippen molar-refractivity contribution in [2.24, 2.45) is 11.3 Å². The molecule has 3 N–H and O–H groups in total. The van der Waals surface area contributed by atoms with Crippen LogP contribution in [0.1, 0.15) is 51.7 Å². The van der Waals surface area contributed by atoms with E-state index in [0.717, 1.165) is 23.3 Å². The predicted molar refractivity (Wildman–Crippen MR) is 99.7 cm³/mol. The minimum Gasteiger partial charge on any atom is -0.371 e. The van der Waals surface area contributed by atoms with Crippen molar-refractivity contribution in [1.29, 1.82) is 5.26 Å². The second-order valence-electron chi connectivity index (χ2n) is 8.91. The van der Waals surface area contributed by atoms with Gasteiger partial charge in [0.15, 0.2) is 5.78 Å². The third-order valence-electron chi connectivity index (χ3n) is 6.35. The van der Waals surface area contributed by atoms with E-state index in [0.29, 0.717) is 12.0 Å². The number of nitriles is 1. The Morgan fingerprint density at radius 3 is 2.69 bits per heavy atom. The number of nitrogens with one attached hydrogen (secondary N) is 3. The lowest BCUT2D eigenvalue weighted by Gasteiger charge is -2.50. The van der Waals surface area contributed by atoms with Gasteiger partial charge in [-0.25, -0.2) is 5.43 Å². The van der Waals surface area contributed by atoms with Crippen molar-refractivity contribution in [2.75, 3.05) is 0 Å². The minimum atomic E-state index is -0.443. The van der Waals surface area contributed by atoms with Gasteiger partial charge in [0.2, 0.25) is 0 Å². The zero-order valence-electron chi connectivity index (χ0n) is 15.8. The Morgan fingerprint density at radius 1 is 1.19 bits per heavy atom. The number of benzene rings is 1. The van der Waals surface area contributed by atoms with Crippen LogP contribution in [0.2, 0.25) is 0 Å². The van der Waals surface area contributed by atoms with Crippen molar-refractivity contribution in [2.45, 2.75) is 58.2 Å². The zero-order valence-corrected chi connectivity index (χ0v) is 15.8. The van der Waals surface area contributed by atoms with Gasteiger partial charge in [-0.3, -0.25) is 10.2 Å². The number of carbonyl (C=O) groups is 1. The van der Waals surface area contributed by atoms with Gasteiger partial charge in [-0.15, -0.1) is 0 Å². The van der Waals surface area contributed by atoms with Crippen LogP contribution in [0.5, 0.6) is 0 Å². The van der Waals surface area contributed by atoms with E-state index in [4.69, 9.17) is 0 Å². The Hall–Kier alpha value is -2.16. The number of hydrazine groups is 1. The van der Waals surface area contributed by atoms with Crippen LogP contribution < -0.4 is 16.2 Å². The van der Waals surface area contributed by atoms with Gasteiger partial charge in [0.05, 0.1) is 17.8 Å². The van der Waals surface area contributed by atoms with Gasteiger partial charge >= 0.3 is 0 Å². The van der Waals surface area contributed by atoms with Crippen LogP contribution in [0.15, 0.2) is 35.5 Å². The minimum absolute atomic E-state index is 0.0389. The molecule has 4 rings (SSSR count). The molecule has 26 heavy (non-hydrogen) atoms. The van der Waals surface area contributed by atoms with Crippen molar-refractivity contribution in [3.8, 4) is 6.07 Å². The quantitative estimate of drug-likeness (QED) is 0.725. The molecule has 0 radical (unpaired) electrons. The number of hydrogen-bond donors (Lipinski definition) is 3. The van der Waals surface area contributed by atoms with Crippen molar-refractivity contribution in [1.82, 2.24) is 16.2 Å². The monoisotopic (exact) mass is 350 g/mol. The first-order valence-corrected chi connectivity index (χ1v) is 9.31. The van der Waals surface area contributed by atoms with Gasteiger partial charge in [-0.05, 0) is 36.5 Å². The average Bonchev–Trinajstić information content (AvgIpc) is 2.94. The van der Waals surface area contributed by atoms with E-state index in [9.17, 15) is 10.1 Å². The fourth-order valence-electron chi connectivity index (χ4n) is 5.30. The maximum Gasteiger partial charge on any atom is 0.162 e. The van der Waals surface area contributed by atoms with Crippen LogP contribution in [0.4, 0.5) is 0 Å². The van der Waals surface area contributed by atoms with E-state index in [2.05, 4.69) is 56.0 Å². The Morgan fingerprint density at radius 2 is 1.96 bits per heavy atom. The molecule has 3 aliphatic rings. The molecular formula is C21H26N4O.